The summed E-state index contributed by atoms with van der Waals surface area (Å²) in [7, 11) is 1.36. The molecule has 3 fully saturated rings. The van der Waals surface area contributed by atoms with Gasteiger partial charge in [-0.15, -0.1) is 0 Å². The summed E-state index contributed by atoms with van der Waals surface area (Å²) < 4.78 is 30.7. The Bertz CT molecular complexity index is 1830. The van der Waals surface area contributed by atoms with E-state index in [1.54, 1.807) is 13.8 Å². The number of aromatic hydroxyl groups is 2. The number of fused-ring (bicyclic) bond motifs is 6. The van der Waals surface area contributed by atoms with Crippen molar-refractivity contribution >= 4 is 23.2 Å². The molecule has 8 atom stereocenters. The van der Waals surface area contributed by atoms with Crippen molar-refractivity contribution in [3.63, 3.8) is 0 Å². The van der Waals surface area contributed by atoms with Crippen LogP contribution in [-0.2, 0) is 30.2 Å². The van der Waals surface area contributed by atoms with Crippen LogP contribution in [0.1, 0.15) is 96.0 Å². The zero-order valence-corrected chi connectivity index (χ0v) is 29.7. The molecule has 15 nitrogen and oxygen atoms in total. The Morgan fingerprint density at radius 2 is 1.88 bits per heavy atom. The van der Waals surface area contributed by atoms with Crippen LogP contribution in [0.15, 0.2) is 23.3 Å². The molecule has 1 amide bonds. The minimum absolute atomic E-state index is 0.0136. The van der Waals surface area contributed by atoms with Gasteiger partial charge in [0.05, 0.1) is 61.0 Å². The SMILES string of the molecule is CC[C@H]1OCCN2[C@@H]1O[C@@H]1[C@H](C)O[C@@H](O[C@H]3C[C@](O)(/C(CO)=N/NC(=O)C(C)C)Cc4c(O)c5c(c(O)c43)C(=O)c3c(OC)cccc3C5=O)C[C@@H]12. The maximum atomic E-state index is 14.1. The number of hydrazone groups is 1. The molecular weight excluding hydrogens is 678 g/mol. The first-order chi connectivity index (χ1) is 24.8. The monoisotopic (exact) mass is 723 g/mol. The number of morpholine rings is 1. The zero-order valence-electron chi connectivity index (χ0n) is 29.7. The average molecular weight is 724 g/mol. The van der Waals surface area contributed by atoms with E-state index in [4.69, 9.17) is 23.7 Å². The van der Waals surface area contributed by atoms with Crippen molar-refractivity contribution in [2.75, 3.05) is 26.9 Å². The Labute approximate surface area is 300 Å². The number of aliphatic hydroxyl groups is 2. The summed E-state index contributed by atoms with van der Waals surface area (Å²) in [4.78, 5) is 42.7. The van der Waals surface area contributed by atoms with Crippen LogP contribution in [0.3, 0.4) is 0 Å². The Balaban J connectivity index is 1.31. The molecule has 0 unspecified atom stereocenters. The van der Waals surface area contributed by atoms with Gasteiger partial charge in [0.15, 0.2) is 12.1 Å². The molecule has 7 rings (SSSR count). The van der Waals surface area contributed by atoms with Crippen LogP contribution in [-0.4, -0.2) is 118 Å². The van der Waals surface area contributed by atoms with Crippen molar-refractivity contribution in [1.82, 2.24) is 10.3 Å². The van der Waals surface area contributed by atoms with Crippen LogP contribution in [0.5, 0.6) is 17.2 Å². The lowest BCUT2D eigenvalue weighted by atomic mass is 9.71. The van der Waals surface area contributed by atoms with Gasteiger partial charge in [0.2, 0.25) is 11.7 Å². The molecule has 5 aliphatic rings. The average Bonchev–Trinajstić information content (AvgIpc) is 3.51. The lowest BCUT2D eigenvalue weighted by Gasteiger charge is -2.44. The predicted octanol–water partition coefficient (Wildman–Crippen LogP) is 2.08. The topological polar surface area (TPSA) is 206 Å². The van der Waals surface area contributed by atoms with Crippen LogP contribution >= 0.6 is 0 Å². The van der Waals surface area contributed by atoms with Gasteiger partial charge in [-0.2, -0.15) is 5.10 Å². The van der Waals surface area contributed by atoms with Crippen molar-refractivity contribution in [1.29, 1.82) is 0 Å². The van der Waals surface area contributed by atoms with Crippen molar-refractivity contribution in [2.24, 2.45) is 11.0 Å². The highest BCUT2D eigenvalue weighted by Gasteiger charge is 2.54. The van der Waals surface area contributed by atoms with Gasteiger partial charge in [-0.05, 0) is 19.4 Å². The van der Waals surface area contributed by atoms with Gasteiger partial charge >= 0.3 is 0 Å². The number of aliphatic hydroxyl groups excluding tert-OH is 1. The number of hydrogen-bond donors (Lipinski definition) is 5. The number of benzene rings is 2. The van der Waals surface area contributed by atoms with E-state index < -0.39 is 83.1 Å². The van der Waals surface area contributed by atoms with Crippen LogP contribution in [0.4, 0.5) is 0 Å². The molecule has 15 heteroatoms. The molecule has 2 aliphatic carbocycles. The minimum Gasteiger partial charge on any atom is -0.507 e. The van der Waals surface area contributed by atoms with E-state index in [1.807, 2.05) is 13.8 Å². The molecule has 3 heterocycles. The second kappa shape index (κ2) is 13.8. The fourth-order valence-electron chi connectivity index (χ4n) is 8.34. The first-order valence-electron chi connectivity index (χ1n) is 17.7. The smallest absolute Gasteiger partial charge is 0.242 e. The normalized spacial score (nSPS) is 31.4. The molecule has 0 saturated carbocycles. The van der Waals surface area contributed by atoms with E-state index in [0.717, 1.165) is 6.42 Å². The summed E-state index contributed by atoms with van der Waals surface area (Å²) in [6.07, 6.45) is -2.89. The summed E-state index contributed by atoms with van der Waals surface area (Å²) in [6.45, 7) is 7.63. The fourth-order valence-corrected chi connectivity index (χ4v) is 8.34. The lowest BCUT2D eigenvalue weighted by molar-refractivity contribution is -0.246. The fraction of sp³-hybridized carbons (Fsp3) is 0.568. The number of nitrogens with one attached hydrogen (secondary N) is 1. The molecular formula is C37H45N3O12. The molecule has 2 aromatic carbocycles. The van der Waals surface area contributed by atoms with Gasteiger partial charge in [-0.25, -0.2) is 5.43 Å². The summed E-state index contributed by atoms with van der Waals surface area (Å²) in [5.41, 5.74) is -0.950. The summed E-state index contributed by atoms with van der Waals surface area (Å²) in [5, 5.41) is 50.6. The first-order valence-corrected chi connectivity index (χ1v) is 17.7. The molecule has 2 aromatic rings. The summed E-state index contributed by atoms with van der Waals surface area (Å²) in [5.74, 6) is -3.48. The number of nitrogens with zero attached hydrogens (tertiary/aromatic N) is 2. The number of methoxy groups -OCH3 is 1. The predicted molar refractivity (Wildman–Crippen MR) is 182 cm³/mol. The molecule has 0 radical (unpaired) electrons. The minimum atomic E-state index is -2.05. The van der Waals surface area contributed by atoms with E-state index in [1.165, 1.54) is 25.3 Å². The van der Waals surface area contributed by atoms with Gasteiger partial charge in [0.1, 0.15) is 35.2 Å². The second-order valence-corrected chi connectivity index (χ2v) is 14.4. The van der Waals surface area contributed by atoms with E-state index in [2.05, 4.69) is 15.4 Å². The maximum absolute atomic E-state index is 14.1. The number of rotatable bonds is 8. The highest BCUT2D eigenvalue weighted by Crippen LogP contribution is 2.53. The number of carbonyl (C=O) groups is 3. The summed E-state index contributed by atoms with van der Waals surface area (Å²) >= 11 is 0. The third-order valence-corrected chi connectivity index (χ3v) is 11.0. The van der Waals surface area contributed by atoms with Crippen LogP contribution in [0.25, 0.3) is 0 Å². The van der Waals surface area contributed by atoms with Gasteiger partial charge in [-0.3, -0.25) is 19.3 Å². The van der Waals surface area contributed by atoms with E-state index >= 15 is 0 Å². The number of phenols is 2. The molecule has 3 saturated heterocycles. The second-order valence-electron chi connectivity index (χ2n) is 14.4. The quantitative estimate of drug-likeness (QED) is 0.128. The number of phenolic OH excluding ortho intramolecular Hbond substituents is 2. The molecule has 280 valence electrons. The van der Waals surface area contributed by atoms with Crippen molar-refractivity contribution in [2.45, 2.75) is 102 Å². The van der Waals surface area contributed by atoms with Crippen LogP contribution < -0.4 is 10.2 Å². The number of carbonyl (C=O) groups excluding carboxylic acids is 3. The van der Waals surface area contributed by atoms with Crippen LogP contribution in [0, 0.1) is 5.92 Å². The number of ketones is 2. The summed E-state index contributed by atoms with van der Waals surface area (Å²) in [6, 6.07) is 4.38. The molecule has 52 heavy (non-hydrogen) atoms. The molecule has 5 N–H and O–H groups in total. The third-order valence-electron chi connectivity index (χ3n) is 11.0. The Morgan fingerprint density at radius 1 is 1.13 bits per heavy atom. The molecule has 0 aromatic heterocycles. The number of hydrogen-bond acceptors (Lipinski definition) is 14. The zero-order chi connectivity index (χ0) is 37.2. The van der Waals surface area contributed by atoms with Crippen molar-refractivity contribution in [3.8, 4) is 17.2 Å². The van der Waals surface area contributed by atoms with Crippen molar-refractivity contribution in [3.05, 3.63) is 51.6 Å². The largest absolute Gasteiger partial charge is 0.507 e. The van der Waals surface area contributed by atoms with Gasteiger partial charge in [-0.1, -0.05) is 32.9 Å². The highest BCUT2D eigenvalue weighted by atomic mass is 16.7. The van der Waals surface area contributed by atoms with Gasteiger partial charge in [0.25, 0.3) is 0 Å². The van der Waals surface area contributed by atoms with E-state index in [9.17, 15) is 34.8 Å². The number of amides is 1. The Kier molecular flexibility index (Phi) is 9.65. The van der Waals surface area contributed by atoms with Crippen molar-refractivity contribution < 1.29 is 58.5 Å². The molecule has 3 aliphatic heterocycles. The molecule has 0 spiro atoms. The molecule has 0 bridgehead atoms. The number of ether oxygens (including phenoxy) is 5. The lowest BCUT2D eigenvalue weighted by Crippen LogP contribution is -2.55. The van der Waals surface area contributed by atoms with E-state index in [-0.39, 0.29) is 64.6 Å². The maximum Gasteiger partial charge on any atom is 0.242 e. The third kappa shape index (κ3) is 5.79. The Morgan fingerprint density at radius 3 is 2.58 bits per heavy atom. The first kappa shape index (κ1) is 36.4. The highest BCUT2D eigenvalue weighted by molar-refractivity contribution is 6.31. The van der Waals surface area contributed by atoms with Gasteiger partial charge in [0, 0.05) is 54.5 Å². The van der Waals surface area contributed by atoms with Gasteiger partial charge < -0.3 is 44.1 Å². The standard InChI is InChI=1S/C37H45N3O12/c1-6-21-36-40(10-11-49-21)20-12-25(50-17(4)34(20)52-36)51-23-14-37(47,24(15-41)38-39-35(46)16(2)3)13-19-27(23)33(45)29-28(31(19)43)30(42)18-8-7-9-22(48-5)26(18)32(29)44/h7-9,16-17,20-21,23,25,34,36,41,43,45,47H,6,10-15H2,1-5H3,(H,39,46)/b38-24+/t17-,20-,21+,23-,25-,34+,36+,37-/m0/s1. The Hall–Kier alpha value is -3.96. The van der Waals surface area contributed by atoms with Crippen LogP contribution in [0.2, 0.25) is 0 Å². The van der Waals surface area contributed by atoms with E-state index in [0.29, 0.717) is 19.6 Å².